The highest BCUT2D eigenvalue weighted by molar-refractivity contribution is 5.93. The molecule has 0 aromatic carbocycles. The molecule has 5 rings (SSSR count). The number of rotatable bonds is 4. The monoisotopic (exact) mass is 396 g/mol. The van der Waals surface area contributed by atoms with E-state index in [1.54, 1.807) is 29.0 Å². The molecule has 9 nitrogen and oxygen atoms in total. The molecule has 1 saturated heterocycles. The summed E-state index contributed by atoms with van der Waals surface area (Å²) in [5.74, 6) is 1.10. The summed E-state index contributed by atoms with van der Waals surface area (Å²) in [6.07, 6.45) is 9.99. The summed E-state index contributed by atoms with van der Waals surface area (Å²) in [5, 5.41) is 11.8. The zero-order valence-electron chi connectivity index (χ0n) is 16.2. The van der Waals surface area contributed by atoms with Gasteiger partial charge in [-0.1, -0.05) is 30.8 Å². The number of fused-ring (bicyclic) bond motifs is 1. The fraction of sp³-hybridized carbons (Fsp3) is 0.550. The average molecular weight is 396 g/mol. The molecule has 0 radical (unpaired) electrons. The van der Waals surface area contributed by atoms with Crippen molar-refractivity contribution in [2.24, 2.45) is 0 Å². The van der Waals surface area contributed by atoms with Gasteiger partial charge in [-0.15, -0.1) is 0 Å². The van der Waals surface area contributed by atoms with Crippen LogP contribution in [0.2, 0.25) is 0 Å². The van der Waals surface area contributed by atoms with Crippen molar-refractivity contribution < 1.29 is 14.1 Å². The van der Waals surface area contributed by atoms with Gasteiger partial charge in [0.2, 0.25) is 5.89 Å². The molecule has 1 amide bonds. The summed E-state index contributed by atoms with van der Waals surface area (Å²) in [6, 6.07) is 3.45. The maximum atomic E-state index is 13.3. The van der Waals surface area contributed by atoms with E-state index >= 15 is 0 Å². The van der Waals surface area contributed by atoms with Crippen LogP contribution < -0.4 is 5.32 Å². The van der Waals surface area contributed by atoms with Gasteiger partial charge >= 0.3 is 0 Å². The van der Waals surface area contributed by atoms with Crippen molar-refractivity contribution in [2.75, 3.05) is 13.2 Å². The normalized spacial score (nSPS) is 21.9. The molecule has 152 valence electrons. The van der Waals surface area contributed by atoms with E-state index in [1.807, 2.05) is 0 Å². The number of hydrogen-bond donors (Lipinski definition) is 1. The second-order valence-electron chi connectivity index (χ2n) is 7.90. The quantitative estimate of drug-likeness (QED) is 0.675. The van der Waals surface area contributed by atoms with Crippen LogP contribution in [0.25, 0.3) is 5.65 Å². The van der Waals surface area contributed by atoms with Crippen molar-refractivity contribution in [3.63, 3.8) is 0 Å². The summed E-state index contributed by atoms with van der Waals surface area (Å²) in [4.78, 5) is 22.2. The summed E-state index contributed by atoms with van der Waals surface area (Å²) < 4.78 is 12.6. The Balaban J connectivity index is 1.48. The third-order valence-electron chi connectivity index (χ3n) is 5.98. The first-order chi connectivity index (χ1) is 14.3. The Morgan fingerprint density at radius 2 is 2.03 bits per heavy atom. The third-order valence-corrected chi connectivity index (χ3v) is 5.98. The molecule has 3 aromatic heterocycles. The van der Waals surface area contributed by atoms with Gasteiger partial charge in [0.1, 0.15) is 11.2 Å². The van der Waals surface area contributed by atoms with Crippen LogP contribution in [0.4, 0.5) is 0 Å². The highest BCUT2D eigenvalue weighted by atomic mass is 16.5. The predicted molar refractivity (Wildman–Crippen MR) is 102 cm³/mol. The van der Waals surface area contributed by atoms with E-state index in [0.29, 0.717) is 36.3 Å². The largest absolute Gasteiger partial charge is 0.381 e. The van der Waals surface area contributed by atoms with E-state index in [4.69, 9.17) is 14.2 Å². The van der Waals surface area contributed by atoms with Gasteiger partial charge in [0, 0.05) is 18.9 Å². The molecule has 4 heterocycles. The summed E-state index contributed by atoms with van der Waals surface area (Å²) in [5.41, 5.74) is 0.435. The Hall–Kier alpha value is -2.81. The molecule has 0 spiro atoms. The molecule has 9 heteroatoms. The molecule has 1 saturated carbocycles. The number of hydrogen-bond acceptors (Lipinski definition) is 7. The van der Waals surface area contributed by atoms with Crippen LogP contribution in [0.3, 0.4) is 0 Å². The van der Waals surface area contributed by atoms with E-state index in [-0.39, 0.29) is 11.8 Å². The van der Waals surface area contributed by atoms with Gasteiger partial charge in [0.15, 0.2) is 11.5 Å². The molecular weight excluding hydrogens is 372 g/mol. The van der Waals surface area contributed by atoms with E-state index in [2.05, 4.69) is 20.6 Å². The Morgan fingerprint density at radius 1 is 1.17 bits per heavy atom. The van der Waals surface area contributed by atoms with Crippen molar-refractivity contribution in [3.05, 3.63) is 41.9 Å². The SMILES string of the molecule is O=C(NC1(c2noc(C3CCOC3)n2)CCCCCC1)c1ccnc2ccnn12. The van der Waals surface area contributed by atoms with Gasteiger partial charge in [-0.3, -0.25) is 4.79 Å². The average Bonchev–Trinajstić information content (AvgIpc) is 3.48. The van der Waals surface area contributed by atoms with E-state index < -0.39 is 5.54 Å². The van der Waals surface area contributed by atoms with Crippen LogP contribution >= 0.6 is 0 Å². The first-order valence-corrected chi connectivity index (χ1v) is 10.3. The molecule has 1 unspecified atom stereocenters. The highest BCUT2D eigenvalue weighted by Gasteiger charge is 2.40. The zero-order chi connectivity index (χ0) is 19.7. The lowest BCUT2D eigenvalue weighted by atomic mass is 9.89. The van der Waals surface area contributed by atoms with Crippen LogP contribution in [-0.2, 0) is 10.3 Å². The number of nitrogens with zero attached hydrogens (tertiary/aromatic N) is 5. The van der Waals surface area contributed by atoms with Crippen LogP contribution in [0.5, 0.6) is 0 Å². The van der Waals surface area contributed by atoms with Crippen LogP contribution in [0.1, 0.15) is 73.1 Å². The number of nitrogens with one attached hydrogen (secondary N) is 1. The van der Waals surface area contributed by atoms with Crippen molar-refractivity contribution in [3.8, 4) is 0 Å². The lowest BCUT2D eigenvalue weighted by molar-refractivity contribution is 0.0868. The Bertz CT molecular complexity index is 998. The zero-order valence-corrected chi connectivity index (χ0v) is 16.2. The molecule has 2 fully saturated rings. The van der Waals surface area contributed by atoms with Gasteiger partial charge in [-0.25, -0.2) is 9.50 Å². The number of carbonyl (C=O) groups excluding carboxylic acids is 1. The highest BCUT2D eigenvalue weighted by Crippen LogP contribution is 2.36. The van der Waals surface area contributed by atoms with Crippen molar-refractivity contribution in [1.82, 2.24) is 30.1 Å². The summed E-state index contributed by atoms with van der Waals surface area (Å²) in [6.45, 7) is 1.32. The van der Waals surface area contributed by atoms with Crippen LogP contribution in [-0.4, -0.2) is 43.9 Å². The van der Waals surface area contributed by atoms with Gasteiger partial charge < -0.3 is 14.6 Å². The Morgan fingerprint density at radius 3 is 2.83 bits per heavy atom. The fourth-order valence-electron chi connectivity index (χ4n) is 4.35. The van der Waals surface area contributed by atoms with Crippen LogP contribution in [0, 0.1) is 0 Å². The van der Waals surface area contributed by atoms with Gasteiger partial charge in [-0.2, -0.15) is 10.1 Å². The minimum atomic E-state index is -0.641. The van der Waals surface area contributed by atoms with Crippen molar-refractivity contribution >= 4 is 11.6 Å². The lowest BCUT2D eigenvalue weighted by Gasteiger charge is -2.30. The molecule has 1 aliphatic heterocycles. The van der Waals surface area contributed by atoms with Crippen molar-refractivity contribution in [1.29, 1.82) is 0 Å². The predicted octanol–water partition coefficient (Wildman–Crippen LogP) is 2.60. The van der Waals surface area contributed by atoms with E-state index in [9.17, 15) is 4.79 Å². The smallest absolute Gasteiger partial charge is 0.270 e. The summed E-state index contributed by atoms with van der Waals surface area (Å²) in [7, 11) is 0. The molecule has 29 heavy (non-hydrogen) atoms. The van der Waals surface area contributed by atoms with E-state index in [1.165, 1.54) is 0 Å². The number of amides is 1. The fourth-order valence-corrected chi connectivity index (χ4v) is 4.35. The maximum absolute atomic E-state index is 13.3. The number of ether oxygens (including phenoxy) is 1. The first-order valence-electron chi connectivity index (χ1n) is 10.3. The molecule has 3 aromatic rings. The van der Waals surface area contributed by atoms with E-state index in [0.717, 1.165) is 44.9 Å². The summed E-state index contributed by atoms with van der Waals surface area (Å²) >= 11 is 0. The Kier molecular flexibility index (Phi) is 4.75. The second kappa shape index (κ2) is 7.55. The van der Waals surface area contributed by atoms with Crippen molar-refractivity contribution in [2.45, 2.75) is 56.4 Å². The van der Waals surface area contributed by atoms with Crippen LogP contribution in [0.15, 0.2) is 29.0 Å². The molecule has 1 atom stereocenters. The molecule has 0 bridgehead atoms. The number of aromatic nitrogens is 5. The molecule has 2 aliphatic rings. The topological polar surface area (TPSA) is 107 Å². The minimum absolute atomic E-state index is 0.138. The Labute approximate surface area is 167 Å². The van der Waals surface area contributed by atoms with Gasteiger partial charge in [0.25, 0.3) is 5.91 Å². The van der Waals surface area contributed by atoms with Gasteiger partial charge in [0.05, 0.1) is 18.7 Å². The molecule has 1 aliphatic carbocycles. The number of carbonyl (C=O) groups is 1. The lowest BCUT2D eigenvalue weighted by Crippen LogP contribution is -2.47. The second-order valence-corrected chi connectivity index (χ2v) is 7.90. The third kappa shape index (κ3) is 3.39. The minimum Gasteiger partial charge on any atom is -0.381 e. The molecule has 1 N–H and O–H groups in total. The standard InChI is InChI=1S/C20H24N6O3/c27-17(15-5-10-21-16-6-11-22-26(15)16)24-20(8-3-1-2-4-9-20)19-23-18(29-25-19)14-7-12-28-13-14/h5-6,10-11,14H,1-4,7-9,12-13H2,(H,24,27). The first kappa shape index (κ1) is 18.2. The maximum Gasteiger partial charge on any atom is 0.270 e. The van der Waals surface area contributed by atoms with Gasteiger partial charge in [-0.05, 0) is 25.3 Å². The molecular formula is C20H24N6O3.